The maximum Gasteiger partial charge on any atom is 0.264 e. The van der Waals surface area contributed by atoms with E-state index >= 15 is 0 Å². The molecule has 2 heterocycles. The second kappa shape index (κ2) is 12.3. The molecule has 2 aliphatic heterocycles. The van der Waals surface area contributed by atoms with Crippen LogP contribution in [0, 0.1) is 0 Å². The first-order chi connectivity index (χ1) is 18.7. The van der Waals surface area contributed by atoms with E-state index in [0.29, 0.717) is 47.2 Å². The molecule has 0 radical (unpaired) electrons. The molecule has 2 aromatic carbocycles. The number of carbonyl (C=O) groups excluding carboxylic acids is 6. The Morgan fingerprint density at radius 1 is 0.974 bits per heavy atom. The molecule has 1 saturated heterocycles. The number of carbonyl (C=O) groups is 6. The largest absolute Gasteiger partial charge is 0.384 e. The molecule has 2 aliphatic rings. The minimum absolute atomic E-state index is 0.0500. The highest BCUT2D eigenvalue weighted by Crippen LogP contribution is 2.32. The predicted molar refractivity (Wildman–Crippen MR) is 146 cm³/mol. The van der Waals surface area contributed by atoms with Gasteiger partial charge in [0.05, 0.1) is 21.8 Å². The molecule has 2 aromatic rings. The molecule has 11 nitrogen and oxygen atoms in total. The first kappa shape index (κ1) is 28.1. The number of hydrogen-bond donors (Lipinski definition) is 5. The second-order valence-corrected chi connectivity index (χ2v) is 9.88. The van der Waals surface area contributed by atoms with E-state index in [4.69, 9.17) is 11.6 Å². The second-order valence-electron chi connectivity index (χ2n) is 9.02. The van der Waals surface area contributed by atoms with Crippen molar-refractivity contribution in [2.75, 3.05) is 23.7 Å². The molecule has 4 N–H and O–H groups in total. The number of thiol groups is 1. The fourth-order valence-corrected chi connectivity index (χ4v) is 4.76. The van der Waals surface area contributed by atoms with E-state index in [9.17, 15) is 28.8 Å². The number of nitrogens with zero attached hydrogens (tertiary/aromatic N) is 1. The Balaban J connectivity index is 1.22. The van der Waals surface area contributed by atoms with Gasteiger partial charge in [-0.25, -0.2) is 0 Å². The molecule has 4 rings (SSSR count). The van der Waals surface area contributed by atoms with E-state index < -0.39 is 41.5 Å². The van der Waals surface area contributed by atoms with Crippen LogP contribution >= 0.6 is 24.2 Å². The van der Waals surface area contributed by atoms with Gasteiger partial charge in [0.25, 0.3) is 11.8 Å². The van der Waals surface area contributed by atoms with Crippen LogP contribution in [0.25, 0.3) is 0 Å². The molecule has 0 spiro atoms. The standard InChI is InChI=1S/C26H26ClN5O6S/c27-23-16(7-4-8-18(23)39)30-21(35)13-20(34)29-12-2-1-11-28-15-6-3-5-14-22(15)26(38)32(25(14)37)17-9-10-19(33)31-24(17)36/h3-8,17,28,39H,1-2,9-13H2,(H,29,34)(H,30,35)(H,31,33,36). The van der Waals surface area contributed by atoms with Gasteiger partial charge in [-0.1, -0.05) is 23.7 Å². The SMILES string of the molecule is O=C(CC(=O)Nc1cccc(S)c1Cl)NCCCCNc1cccc2c1C(=O)N(C1CCC(=O)NC1=O)C2=O. The summed E-state index contributed by atoms with van der Waals surface area (Å²) in [4.78, 5) is 75.4. The maximum absolute atomic E-state index is 13.1. The van der Waals surface area contributed by atoms with Gasteiger partial charge in [0.15, 0.2) is 0 Å². The number of anilines is 2. The summed E-state index contributed by atoms with van der Waals surface area (Å²) in [5.74, 6) is -3.18. The Bertz CT molecular complexity index is 1370. The Kier molecular flexibility index (Phi) is 8.87. The number of unbranched alkanes of at least 4 members (excludes halogenated alkanes) is 1. The molecule has 0 bridgehead atoms. The van der Waals surface area contributed by atoms with Crippen LogP contribution < -0.4 is 21.3 Å². The summed E-state index contributed by atoms with van der Waals surface area (Å²) in [5.41, 5.74) is 1.23. The summed E-state index contributed by atoms with van der Waals surface area (Å²) in [6, 6.07) is 8.80. The third kappa shape index (κ3) is 6.40. The van der Waals surface area contributed by atoms with Crippen molar-refractivity contribution < 1.29 is 28.8 Å². The number of hydrogen-bond acceptors (Lipinski definition) is 8. The van der Waals surface area contributed by atoms with Crippen molar-refractivity contribution in [3.8, 4) is 0 Å². The number of halogens is 1. The van der Waals surface area contributed by atoms with E-state index in [1.54, 1.807) is 30.3 Å². The number of amides is 6. The van der Waals surface area contributed by atoms with Crippen molar-refractivity contribution in [2.45, 2.75) is 43.0 Å². The van der Waals surface area contributed by atoms with Gasteiger partial charge in [-0.2, -0.15) is 0 Å². The zero-order valence-electron chi connectivity index (χ0n) is 20.7. The lowest BCUT2D eigenvalue weighted by atomic mass is 10.0. The van der Waals surface area contributed by atoms with Gasteiger partial charge in [-0.05, 0) is 43.5 Å². The average Bonchev–Trinajstić information content (AvgIpc) is 3.14. The highest BCUT2D eigenvalue weighted by molar-refractivity contribution is 7.80. The van der Waals surface area contributed by atoms with Crippen LogP contribution in [0.2, 0.25) is 5.02 Å². The van der Waals surface area contributed by atoms with Crippen molar-refractivity contribution in [2.24, 2.45) is 0 Å². The summed E-state index contributed by atoms with van der Waals surface area (Å²) >= 11 is 10.3. The van der Waals surface area contributed by atoms with E-state index in [0.717, 1.165) is 4.90 Å². The maximum atomic E-state index is 13.1. The fourth-order valence-electron chi connectivity index (χ4n) is 4.38. The van der Waals surface area contributed by atoms with Crippen LogP contribution in [0.5, 0.6) is 0 Å². The Labute approximate surface area is 234 Å². The number of benzene rings is 2. The molecule has 1 fully saturated rings. The average molecular weight is 572 g/mol. The predicted octanol–water partition coefficient (Wildman–Crippen LogP) is 2.37. The van der Waals surface area contributed by atoms with Crippen molar-refractivity contribution in [3.05, 3.63) is 52.5 Å². The van der Waals surface area contributed by atoms with Crippen LogP contribution in [0.3, 0.4) is 0 Å². The summed E-state index contributed by atoms with van der Waals surface area (Å²) in [6.07, 6.45) is 0.996. The molecule has 0 aliphatic carbocycles. The zero-order chi connectivity index (χ0) is 28.1. The number of rotatable bonds is 10. The number of fused-ring (bicyclic) bond motifs is 1. The minimum atomic E-state index is -1.03. The van der Waals surface area contributed by atoms with Gasteiger partial charge in [0, 0.05) is 30.1 Å². The van der Waals surface area contributed by atoms with E-state index in [2.05, 4.69) is 33.9 Å². The molecule has 13 heteroatoms. The van der Waals surface area contributed by atoms with Crippen LogP contribution in [0.1, 0.15) is 52.8 Å². The Hall–Kier alpha value is -3.90. The van der Waals surface area contributed by atoms with Gasteiger partial charge >= 0.3 is 0 Å². The molecular weight excluding hydrogens is 546 g/mol. The smallest absolute Gasteiger partial charge is 0.264 e. The first-order valence-electron chi connectivity index (χ1n) is 12.3. The lowest BCUT2D eigenvalue weighted by Gasteiger charge is -2.27. The van der Waals surface area contributed by atoms with E-state index in [1.165, 1.54) is 6.07 Å². The summed E-state index contributed by atoms with van der Waals surface area (Å²) < 4.78 is 0. The normalized spacial score (nSPS) is 16.6. The lowest BCUT2D eigenvalue weighted by molar-refractivity contribution is -0.136. The van der Waals surface area contributed by atoms with Gasteiger partial charge < -0.3 is 16.0 Å². The van der Waals surface area contributed by atoms with E-state index in [1.807, 2.05) is 0 Å². The van der Waals surface area contributed by atoms with Crippen molar-refractivity contribution in [1.29, 1.82) is 0 Å². The highest BCUT2D eigenvalue weighted by Gasteiger charge is 2.45. The summed E-state index contributed by atoms with van der Waals surface area (Å²) in [7, 11) is 0. The van der Waals surface area contributed by atoms with Gasteiger partial charge in [-0.15, -0.1) is 12.6 Å². The third-order valence-corrected chi connectivity index (χ3v) is 7.19. The topological polar surface area (TPSA) is 154 Å². The lowest BCUT2D eigenvalue weighted by Crippen LogP contribution is -2.54. The number of imide groups is 2. The van der Waals surface area contributed by atoms with Gasteiger partial charge in [0.2, 0.25) is 23.6 Å². The molecule has 39 heavy (non-hydrogen) atoms. The van der Waals surface area contributed by atoms with Crippen LogP contribution in [0.15, 0.2) is 41.3 Å². The van der Waals surface area contributed by atoms with E-state index in [-0.39, 0.29) is 30.4 Å². The Morgan fingerprint density at radius 2 is 1.69 bits per heavy atom. The quantitative estimate of drug-likeness (QED) is 0.127. The molecule has 204 valence electrons. The molecule has 1 atom stereocenters. The third-order valence-electron chi connectivity index (χ3n) is 6.28. The van der Waals surface area contributed by atoms with Crippen LogP contribution in [0.4, 0.5) is 11.4 Å². The zero-order valence-corrected chi connectivity index (χ0v) is 22.4. The first-order valence-corrected chi connectivity index (χ1v) is 13.1. The van der Waals surface area contributed by atoms with Crippen molar-refractivity contribution in [1.82, 2.24) is 15.5 Å². The number of piperidine rings is 1. The van der Waals surface area contributed by atoms with Gasteiger partial charge in [-0.3, -0.25) is 39.0 Å². The van der Waals surface area contributed by atoms with Crippen molar-refractivity contribution in [3.63, 3.8) is 0 Å². The van der Waals surface area contributed by atoms with Crippen LogP contribution in [-0.2, 0) is 19.2 Å². The molecule has 0 saturated carbocycles. The Morgan fingerprint density at radius 3 is 2.46 bits per heavy atom. The van der Waals surface area contributed by atoms with Gasteiger partial charge in [0.1, 0.15) is 12.5 Å². The molecular formula is C26H26ClN5O6S. The molecule has 6 amide bonds. The summed E-state index contributed by atoms with van der Waals surface area (Å²) in [5, 5.41) is 10.9. The van der Waals surface area contributed by atoms with Crippen molar-refractivity contribution >= 4 is 71.0 Å². The molecule has 1 unspecified atom stereocenters. The highest BCUT2D eigenvalue weighted by atomic mass is 35.5. The fraction of sp³-hybridized carbons (Fsp3) is 0.308. The minimum Gasteiger partial charge on any atom is -0.384 e. The summed E-state index contributed by atoms with van der Waals surface area (Å²) in [6.45, 7) is 0.791. The van der Waals surface area contributed by atoms with Crippen LogP contribution in [-0.4, -0.2) is 59.5 Å². The number of nitrogens with one attached hydrogen (secondary N) is 4. The monoisotopic (exact) mass is 571 g/mol. The molecule has 0 aromatic heterocycles.